The Kier molecular flexibility index (Phi) is 4.04. The third-order valence-electron chi connectivity index (χ3n) is 3.13. The number of rotatable bonds is 4. The molecule has 0 aromatic heterocycles. The van der Waals surface area contributed by atoms with Crippen molar-refractivity contribution in [3.63, 3.8) is 0 Å². The second-order valence-electron chi connectivity index (χ2n) is 4.41. The zero-order chi connectivity index (χ0) is 14.0. The van der Waals surface area contributed by atoms with Crippen molar-refractivity contribution in [2.75, 3.05) is 19.8 Å². The molecular formula is C11H17NO7. The molecule has 2 aliphatic heterocycles. The highest BCUT2D eigenvalue weighted by Crippen LogP contribution is 2.42. The lowest BCUT2D eigenvalue weighted by atomic mass is 9.89. The van der Waals surface area contributed by atoms with Gasteiger partial charge in [-0.05, 0) is 12.2 Å². The van der Waals surface area contributed by atoms with Gasteiger partial charge in [-0.3, -0.25) is 14.5 Å². The van der Waals surface area contributed by atoms with E-state index in [-0.39, 0.29) is 26.2 Å². The molecule has 0 bridgehead atoms. The first kappa shape index (κ1) is 14.2. The van der Waals surface area contributed by atoms with E-state index in [2.05, 4.69) is 0 Å². The van der Waals surface area contributed by atoms with Gasteiger partial charge in [0.1, 0.15) is 12.7 Å². The van der Waals surface area contributed by atoms with Gasteiger partial charge in [0.2, 0.25) is 5.54 Å². The second kappa shape index (κ2) is 5.41. The molecule has 0 aromatic carbocycles. The van der Waals surface area contributed by atoms with Gasteiger partial charge in [0.15, 0.2) is 6.10 Å². The average molecular weight is 275 g/mol. The lowest BCUT2D eigenvalue weighted by molar-refractivity contribution is -0.357. The summed E-state index contributed by atoms with van der Waals surface area (Å²) in [5.41, 5.74) is -1.34. The molecule has 108 valence electrons. The van der Waals surface area contributed by atoms with Crippen LogP contribution < -0.4 is 0 Å². The summed E-state index contributed by atoms with van der Waals surface area (Å²) in [7, 11) is 0. The number of ether oxygens (including phenoxy) is 2. The van der Waals surface area contributed by atoms with Crippen molar-refractivity contribution in [1.29, 1.82) is 0 Å². The van der Waals surface area contributed by atoms with Crippen molar-refractivity contribution in [1.82, 2.24) is 5.23 Å². The summed E-state index contributed by atoms with van der Waals surface area (Å²) >= 11 is 0. The molecule has 3 atom stereocenters. The molecule has 0 aromatic rings. The fourth-order valence-corrected chi connectivity index (χ4v) is 2.33. The molecule has 0 saturated carbocycles. The Morgan fingerprint density at radius 3 is 2.84 bits per heavy atom. The van der Waals surface area contributed by atoms with E-state index in [9.17, 15) is 9.59 Å². The van der Waals surface area contributed by atoms with Crippen molar-refractivity contribution >= 4 is 11.9 Å². The van der Waals surface area contributed by atoms with E-state index in [0.717, 1.165) is 5.23 Å². The molecule has 2 heterocycles. The van der Waals surface area contributed by atoms with Crippen LogP contribution >= 0.6 is 0 Å². The largest absolute Gasteiger partial charge is 0.464 e. The molecule has 0 amide bonds. The van der Waals surface area contributed by atoms with Crippen LogP contribution in [0.5, 0.6) is 0 Å². The number of carbonyl (C=O) groups excluding carboxylic acids is 2. The Balaban J connectivity index is 2.26. The van der Waals surface area contributed by atoms with Gasteiger partial charge in [0.05, 0.1) is 13.2 Å². The molecule has 2 rings (SSSR count). The van der Waals surface area contributed by atoms with E-state index in [1.54, 1.807) is 6.92 Å². The van der Waals surface area contributed by atoms with E-state index in [4.69, 9.17) is 24.3 Å². The van der Waals surface area contributed by atoms with Gasteiger partial charge in [-0.15, -0.1) is 0 Å². The van der Waals surface area contributed by atoms with E-state index in [0.29, 0.717) is 0 Å². The number of fused-ring (bicyclic) bond motifs is 1. The molecule has 1 N–H and O–H groups in total. The maximum atomic E-state index is 12.2. The number of hydroxylamine groups is 2. The summed E-state index contributed by atoms with van der Waals surface area (Å²) in [5, 5.41) is 10.1. The van der Waals surface area contributed by atoms with Crippen LogP contribution in [0.15, 0.2) is 0 Å². The van der Waals surface area contributed by atoms with Crippen molar-refractivity contribution < 1.29 is 33.8 Å². The van der Waals surface area contributed by atoms with Crippen molar-refractivity contribution in [3.8, 4) is 0 Å². The van der Waals surface area contributed by atoms with Gasteiger partial charge >= 0.3 is 11.9 Å². The first-order chi connectivity index (χ1) is 9.04. The Bertz CT molecular complexity index is 374. The molecule has 1 unspecified atom stereocenters. The van der Waals surface area contributed by atoms with Gasteiger partial charge in [-0.1, -0.05) is 0 Å². The maximum absolute atomic E-state index is 12.2. The molecule has 2 fully saturated rings. The van der Waals surface area contributed by atoms with Crippen LogP contribution in [-0.2, 0) is 28.7 Å². The minimum absolute atomic E-state index is 0.0105. The van der Waals surface area contributed by atoms with Crippen LogP contribution in [0.4, 0.5) is 0 Å². The average Bonchev–Trinajstić information content (AvgIpc) is 2.87. The number of hydrogen-bond acceptors (Lipinski definition) is 8. The molecule has 0 radical (unpaired) electrons. The summed E-state index contributed by atoms with van der Waals surface area (Å²) in [6.45, 7) is 2.85. The molecule has 0 spiro atoms. The van der Waals surface area contributed by atoms with Crippen molar-refractivity contribution in [2.24, 2.45) is 0 Å². The number of aliphatic hydroxyl groups excluding tert-OH is 1. The topological polar surface area (TPSA) is 94.5 Å². The molecular weight excluding hydrogens is 258 g/mol. The Labute approximate surface area is 110 Å². The van der Waals surface area contributed by atoms with Crippen LogP contribution in [0.25, 0.3) is 0 Å². The Hall–Kier alpha value is -1.22. The third kappa shape index (κ3) is 2.32. The standard InChI is InChI=1S/C11H17NO7/c1-3-16-10(15)11-4-8(5-13)19-12(11)17-6-9(11)18-7(2)14/h8-9,13H,3-6H2,1-2H3/t8?,9-,11-/m0/s1. The lowest BCUT2D eigenvalue weighted by Gasteiger charge is -2.28. The van der Waals surface area contributed by atoms with Crippen LogP contribution in [0.1, 0.15) is 20.3 Å². The summed E-state index contributed by atoms with van der Waals surface area (Å²) in [6.07, 6.45) is -1.27. The monoisotopic (exact) mass is 275 g/mol. The molecule has 8 heteroatoms. The summed E-state index contributed by atoms with van der Waals surface area (Å²) < 4.78 is 10.1. The Morgan fingerprint density at radius 2 is 2.26 bits per heavy atom. The molecule has 8 nitrogen and oxygen atoms in total. The highest BCUT2D eigenvalue weighted by atomic mass is 17.0. The Morgan fingerprint density at radius 1 is 1.53 bits per heavy atom. The minimum Gasteiger partial charge on any atom is -0.464 e. The fraction of sp³-hybridized carbons (Fsp3) is 0.818. The zero-order valence-corrected chi connectivity index (χ0v) is 10.8. The van der Waals surface area contributed by atoms with Gasteiger partial charge in [-0.25, -0.2) is 4.79 Å². The molecule has 19 heavy (non-hydrogen) atoms. The second-order valence-corrected chi connectivity index (χ2v) is 4.41. The SMILES string of the molecule is CCOC(=O)[C@@]12CC(CO)ON1OC[C@@H]2OC(C)=O. The van der Waals surface area contributed by atoms with Crippen molar-refractivity contribution in [3.05, 3.63) is 0 Å². The predicted molar refractivity (Wildman–Crippen MR) is 59.3 cm³/mol. The molecule has 2 saturated heterocycles. The van der Waals surface area contributed by atoms with Crippen molar-refractivity contribution in [2.45, 2.75) is 38.0 Å². The number of esters is 2. The number of hydrogen-bond donors (Lipinski definition) is 1. The summed E-state index contributed by atoms with van der Waals surface area (Å²) in [4.78, 5) is 33.8. The fourth-order valence-electron chi connectivity index (χ4n) is 2.33. The van der Waals surface area contributed by atoms with Crippen LogP contribution in [0, 0.1) is 0 Å². The van der Waals surface area contributed by atoms with Gasteiger partial charge < -0.3 is 14.6 Å². The van der Waals surface area contributed by atoms with Crippen LogP contribution in [0.2, 0.25) is 0 Å². The van der Waals surface area contributed by atoms with Gasteiger partial charge in [-0.2, -0.15) is 0 Å². The van der Waals surface area contributed by atoms with Gasteiger partial charge in [0, 0.05) is 13.3 Å². The molecule has 0 aliphatic carbocycles. The number of nitrogens with zero attached hydrogens (tertiary/aromatic N) is 1. The maximum Gasteiger partial charge on any atom is 0.335 e. The van der Waals surface area contributed by atoms with E-state index in [1.807, 2.05) is 0 Å². The third-order valence-corrected chi connectivity index (χ3v) is 3.13. The number of carbonyl (C=O) groups is 2. The number of aliphatic hydroxyl groups is 1. The van der Waals surface area contributed by atoms with E-state index in [1.165, 1.54) is 6.92 Å². The van der Waals surface area contributed by atoms with E-state index >= 15 is 0 Å². The summed E-state index contributed by atoms with van der Waals surface area (Å²) in [6, 6.07) is 0. The minimum atomic E-state index is -1.34. The first-order valence-corrected chi connectivity index (χ1v) is 6.09. The molecule has 2 aliphatic rings. The van der Waals surface area contributed by atoms with Gasteiger partial charge in [0.25, 0.3) is 0 Å². The van der Waals surface area contributed by atoms with Crippen LogP contribution in [0.3, 0.4) is 0 Å². The van der Waals surface area contributed by atoms with Crippen LogP contribution in [-0.4, -0.2) is 59.8 Å². The highest BCUT2D eigenvalue weighted by Gasteiger charge is 2.65. The lowest BCUT2D eigenvalue weighted by Crippen LogP contribution is -2.55. The normalized spacial score (nSPS) is 34.1. The summed E-state index contributed by atoms with van der Waals surface area (Å²) in [5.74, 6) is -1.11. The predicted octanol–water partition coefficient (Wildman–Crippen LogP) is -0.837. The zero-order valence-electron chi connectivity index (χ0n) is 10.8. The quantitative estimate of drug-likeness (QED) is 0.664. The smallest absolute Gasteiger partial charge is 0.335 e. The van der Waals surface area contributed by atoms with E-state index < -0.39 is 29.7 Å². The first-order valence-electron chi connectivity index (χ1n) is 6.09. The highest BCUT2D eigenvalue weighted by molar-refractivity contribution is 5.83.